The highest BCUT2D eigenvalue weighted by Gasteiger charge is 2.25. The van der Waals surface area contributed by atoms with E-state index in [-0.39, 0.29) is 11.5 Å². The van der Waals surface area contributed by atoms with Crippen LogP contribution in [0, 0.1) is 13.8 Å². The van der Waals surface area contributed by atoms with E-state index < -0.39 is 11.9 Å². The van der Waals surface area contributed by atoms with Crippen molar-refractivity contribution in [3.05, 3.63) is 95.8 Å². The number of methoxy groups -OCH3 is 1. The molecule has 3 aromatic carbocycles. The Bertz CT molecular complexity index is 1630. The van der Waals surface area contributed by atoms with Gasteiger partial charge in [0.2, 0.25) is 0 Å². The molecule has 0 saturated carbocycles. The third-order valence-electron chi connectivity index (χ3n) is 6.53. The Morgan fingerprint density at radius 2 is 1.51 bits per heavy atom. The fourth-order valence-electron chi connectivity index (χ4n) is 4.68. The minimum Gasteiger partial charge on any atom is -0.497 e. The number of aromatic nitrogens is 3. The van der Waals surface area contributed by atoms with Crippen LogP contribution < -0.4 is 9.47 Å². The predicted octanol–water partition coefficient (Wildman–Crippen LogP) is 7.41. The van der Waals surface area contributed by atoms with Crippen LogP contribution in [0.5, 0.6) is 11.5 Å². The van der Waals surface area contributed by atoms with Gasteiger partial charge in [-0.15, -0.1) is 0 Å². The minimum atomic E-state index is -2.88. The second-order valence-electron chi connectivity index (χ2n) is 9.03. The fourth-order valence-corrected chi connectivity index (χ4v) is 5.69. The maximum Gasteiger partial charge on any atom is 0.387 e. The van der Waals surface area contributed by atoms with Gasteiger partial charge < -0.3 is 14.0 Å². The van der Waals surface area contributed by atoms with Crippen molar-refractivity contribution in [1.29, 1.82) is 0 Å². The molecule has 0 saturated heterocycles. The molecule has 0 aliphatic heterocycles. The SMILES string of the molecule is COc1ccc(-n2c(SC(C)C(=O)c3cc(C)n(-c4ccc(OC(F)F)cc4)c3C)nc3ccccc32)cc1. The smallest absolute Gasteiger partial charge is 0.387 e. The molecule has 0 fully saturated rings. The average Bonchev–Trinajstić information content (AvgIpc) is 3.44. The molecule has 0 N–H and O–H groups in total. The molecule has 5 aromatic rings. The molecule has 2 aromatic heterocycles. The number of ketones is 1. The molecule has 1 atom stereocenters. The zero-order chi connectivity index (χ0) is 27.7. The van der Waals surface area contributed by atoms with Crippen LogP contribution in [-0.2, 0) is 0 Å². The Morgan fingerprint density at radius 3 is 2.15 bits per heavy atom. The fraction of sp³-hybridized carbons (Fsp3) is 0.200. The van der Waals surface area contributed by atoms with Crippen molar-refractivity contribution in [2.24, 2.45) is 0 Å². The number of imidazole rings is 1. The molecule has 5 rings (SSSR count). The molecule has 6 nitrogen and oxygen atoms in total. The summed E-state index contributed by atoms with van der Waals surface area (Å²) in [4.78, 5) is 18.5. The number of halogens is 2. The number of carbonyl (C=O) groups is 1. The van der Waals surface area contributed by atoms with E-state index in [2.05, 4.69) is 9.30 Å². The highest BCUT2D eigenvalue weighted by molar-refractivity contribution is 8.00. The molecule has 200 valence electrons. The van der Waals surface area contributed by atoms with E-state index in [1.807, 2.05) is 79.9 Å². The number of nitrogens with zero attached hydrogens (tertiary/aromatic N) is 3. The number of carbonyl (C=O) groups excluding carboxylic acids is 1. The molecule has 0 aliphatic rings. The number of ether oxygens (including phenoxy) is 2. The van der Waals surface area contributed by atoms with Gasteiger partial charge in [-0.3, -0.25) is 9.36 Å². The summed E-state index contributed by atoms with van der Waals surface area (Å²) in [5, 5.41) is 0.292. The lowest BCUT2D eigenvalue weighted by Gasteiger charge is -2.14. The van der Waals surface area contributed by atoms with Crippen molar-refractivity contribution < 1.29 is 23.0 Å². The summed E-state index contributed by atoms with van der Waals surface area (Å²) in [6.45, 7) is 2.79. The van der Waals surface area contributed by atoms with Gasteiger partial charge in [0.25, 0.3) is 0 Å². The summed E-state index contributed by atoms with van der Waals surface area (Å²) in [6.07, 6.45) is 0. The Hall–Kier alpha value is -4.11. The Morgan fingerprint density at radius 1 is 0.897 bits per heavy atom. The molecule has 2 heterocycles. The number of Topliss-reactive ketones (excluding diaryl/α,β-unsaturated/α-hetero) is 1. The van der Waals surface area contributed by atoms with Gasteiger partial charge in [-0.25, -0.2) is 4.98 Å². The maximum absolute atomic E-state index is 13.7. The topological polar surface area (TPSA) is 58.3 Å². The van der Waals surface area contributed by atoms with Crippen LogP contribution in [0.15, 0.2) is 84.0 Å². The van der Waals surface area contributed by atoms with E-state index in [0.717, 1.165) is 39.5 Å². The van der Waals surface area contributed by atoms with E-state index in [0.29, 0.717) is 10.7 Å². The quantitative estimate of drug-likeness (QED) is 0.142. The van der Waals surface area contributed by atoms with Crippen LogP contribution in [0.4, 0.5) is 8.78 Å². The monoisotopic (exact) mass is 547 g/mol. The lowest BCUT2D eigenvalue weighted by Crippen LogP contribution is -2.15. The average molecular weight is 548 g/mol. The van der Waals surface area contributed by atoms with E-state index in [9.17, 15) is 13.6 Å². The van der Waals surface area contributed by atoms with Crippen molar-refractivity contribution in [1.82, 2.24) is 14.1 Å². The summed E-state index contributed by atoms with van der Waals surface area (Å²) in [5.41, 5.74) is 5.70. The molecule has 0 bridgehead atoms. The van der Waals surface area contributed by atoms with Gasteiger partial charge in [0, 0.05) is 28.3 Å². The van der Waals surface area contributed by atoms with Gasteiger partial charge in [0.1, 0.15) is 11.5 Å². The van der Waals surface area contributed by atoms with Gasteiger partial charge in [0.05, 0.1) is 23.4 Å². The van der Waals surface area contributed by atoms with Gasteiger partial charge >= 0.3 is 6.61 Å². The first kappa shape index (κ1) is 26.5. The first-order valence-electron chi connectivity index (χ1n) is 12.3. The van der Waals surface area contributed by atoms with E-state index >= 15 is 0 Å². The molecule has 1 unspecified atom stereocenters. The third-order valence-corrected chi connectivity index (χ3v) is 7.58. The van der Waals surface area contributed by atoms with Gasteiger partial charge in [0.15, 0.2) is 10.9 Å². The van der Waals surface area contributed by atoms with Crippen LogP contribution in [0.1, 0.15) is 28.7 Å². The standard InChI is InChI=1S/C30H27F2N3O3S/c1-18-17-25(19(2)34(18)21-11-15-24(16-12-21)38-29(31)32)28(36)20(3)39-30-33-26-7-5-6-8-27(26)35(30)22-9-13-23(37-4)14-10-22/h5-17,20,29H,1-4H3. The summed E-state index contributed by atoms with van der Waals surface area (Å²) < 4.78 is 38.8. The van der Waals surface area contributed by atoms with Gasteiger partial charge in [-0.1, -0.05) is 23.9 Å². The lowest BCUT2D eigenvalue weighted by molar-refractivity contribution is -0.0498. The van der Waals surface area contributed by atoms with E-state index in [1.165, 1.54) is 23.9 Å². The van der Waals surface area contributed by atoms with Crippen molar-refractivity contribution in [2.45, 2.75) is 37.8 Å². The Balaban J connectivity index is 1.44. The van der Waals surface area contributed by atoms with Crippen LogP contribution in [0.3, 0.4) is 0 Å². The number of benzene rings is 3. The number of hydrogen-bond acceptors (Lipinski definition) is 5. The number of rotatable bonds is 9. The van der Waals surface area contributed by atoms with Gasteiger partial charge in [-0.05, 0) is 87.5 Å². The highest BCUT2D eigenvalue weighted by atomic mass is 32.2. The van der Waals surface area contributed by atoms with Crippen LogP contribution in [0.25, 0.3) is 22.4 Å². The van der Waals surface area contributed by atoms with Crippen LogP contribution in [-0.4, -0.2) is 38.9 Å². The summed E-state index contributed by atoms with van der Waals surface area (Å²) in [6, 6.07) is 23.8. The summed E-state index contributed by atoms with van der Waals surface area (Å²) in [7, 11) is 1.63. The predicted molar refractivity (Wildman–Crippen MR) is 149 cm³/mol. The van der Waals surface area contributed by atoms with Crippen molar-refractivity contribution in [3.8, 4) is 22.9 Å². The number of fused-ring (bicyclic) bond motifs is 1. The molecular formula is C30H27F2N3O3S. The number of aryl methyl sites for hydroxylation is 1. The second-order valence-corrected chi connectivity index (χ2v) is 10.3. The summed E-state index contributed by atoms with van der Waals surface area (Å²) >= 11 is 1.41. The van der Waals surface area contributed by atoms with Crippen molar-refractivity contribution in [3.63, 3.8) is 0 Å². The molecule has 0 amide bonds. The molecular weight excluding hydrogens is 520 g/mol. The first-order chi connectivity index (χ1) is 18.8. The zero-order valence-corrected chi connectivity index (χ0v) is 22.7. The van der Waals surface area contributed by atoms with Crippen molar-refractivity contribution in [2.75, 3.05) is 7.11 Å². The highest BCUT2D eigenvalue weighted by Crippen LogP contribution is 2.33. The van der Waals surface area contributed by atoms with Crippen LogP contribution in [0.2, 0.25) is 0 Å². The normalized spacial score (nSPS) is 12.2. The molecule has 0 aliphatic carbocycles. The largest absolute Gasteiger partial charge is 0.497 e. The number of alkyl halides is 2. The lowest BCUT2D eigenvalue weighted by atomic mass is 10.1. The number of hydrogen-bond donors (Lipinski definition) is 0. The Labute approximate surface area is 229 Å². The summed E-state index contributed by atoms with van der Waals surface area (Å²) in [5.74, 6) is 0.815. The maximum atomic E-state index is 13.7. The first-order valence-corrected chi connectivity index (χ1v) is 13.2. The minimum absolute atomic E-state index is 0.0228. The third kappa shape index (κ3) is 5.27. The number of thioether (sulfide) groups is 1. The zero-order valence-electron chi connectivity index (χ0n) is 21.9. The second kappa shape index (κ2) is 10.9. The molecule has 0 radical (unpaired) electrons. The molecule has 39 heavy (non-hydrogen) atoms. The molecule has 9 heteroatoms. The van der Waals surface area contributed by atoms with E-state index in [1.54, 1.807) is 19.2 Å². The van der Waals surface area contributed by atoms with Crippen molar-refractivity contribution >= 4 is 28.6 Å². The molecule has 0 spiro atoms. The van der Waals surface area contributed by atoms with E-state index in [4.69, 9.17) is 9.72 Å². The van der Waals surface area contributed by atoms with Crippen LogP contribution >= 0.6 is 11.8 Å². The number of para-hydroxylation sites is 2. The Kier molecular flexibility index (Phi) is 7.43. The van der Waals surface area contributed by atoms with Gasteiger partial charge in [-0.2, -0.15) is 8.78 Å².